The van der Waals surface area contributed by atoms with Gasteiger partial charge in [0.2, 0.25) is 0 Å². The van der Waals surface area contributed by atoms with Crippen molar-refractivity contribution in [3.05, 3.63) is 0 Å². The Balaban J connectivity index is 1.64. The van der Waals surface area contributed by atoms with Crippen LogP contribution in [0.2, 0.25) is 0 Å². The number of amides is 2. The highest BCUT2D eigenvalue weighted by Gasteiger charge is 2.37. The lowest BCUT2D eigenvalue weighted by atomic mass is 9.87. The summed E-state index contributed by atoms with van der Waals surface area (Å²) in [5.74, 6) is 2.42. The Labute approximate surface area is 121 Å². The molecule has 0 aromatic heterocycles. The third kappa shape index (κ3) is 3.95. The van der Waals surface area contributed by atoms with E-state index in [1.807, 2.05) is 23.5 Å². The van der Waals surface area contributed by atoms with E-state index >= 15 is 0 Å². The van der Waals surface area contributed by atoms with Crippen molar-refractivity contribution in [2.75, 3.05) is 36.9 Å². The van der Waals surface area contributed by atoms with E-state index in [1.165, 1.54) is 5.75 Å². The monoisotopic (exact) mass is 304 g/mol. The second kappa shape index (κ2) is 6.74. The molecule has 0 aliphatic carbocycles. The van der Waals surface area contributed by atoms with Gasteiger partial charge in [0.1, 0.15) is 0 Å². The molecule has 7 heteroatoms. The summed E-state index contributed by atoms with van der Waals surface area (Å²) in [7, 11) is 0. The van der Waals surface area contributed by atoms with Gasteiger partial charge in [-0.1, -0.05) is 6.92 Å². The number of carboxylic acid groups (broad SMARTS) is 1. The van der Waals surface area contributed by atoms with Crippen LogP contribution in [0.25, 0.3) is 0 Å². The van der Waals surface area contributed by atoms with Crippen molar-refractivity contribution >= 4 is 35.5 Å². The van der Waals surface area contributed by atoms with Crippen molar-refractivity contribution in [3.63, 3.8) is 0 Å². The Kier molecular flexibility index (Phi) is 5.27. The van der Waals surface area contributed by atoms with E-state index in [1.54, 1.807) is 11.8 Å². The van der Waals surface area contributed by atoms with Gasteiger partial charge in [0.25, 0.3) is 0 Å². The standard InChI is InChI=1S/C12H20N2O3S2/c1-8(11(15)16)9-5-14(6-9)12(17)13-4-10-7-18-2-3-19-10/h8-10H,2-7H2,1H3,(H,13,17)(H,15,16). The highest BCUT2D eigenvalue weighted by atomic mass is 32.2. The fraction of sp³-hybridized carbons (Fsp3) is 0.833. The lowest BCUT2D eigenvalue weighted by Gasteiger charge is -2.41. The zero-order valence-corrected chi connectivity index (χ0v) is 12.6. The number of hydrogen-bond donors (Lipinski definition) is 2. The van der Waals surface area contributed by atoms with Gasteiger partial charge in [0.15, 0.2) is 0 Å². The van der Waals surface area contributed by atoms with Crippen LogP contribution in [0, 0.1) is 11.8 Å². The molecular formula is C12H20N2O3S2. The number of carbonyl (C=O) groups is 2. The van der Waals surface area contributed by atoms with Gasteiger partial charge < -0.3 is 15.3 Å². The molecule has 0 saturated carbocycles. The predicted octanol–water partition coefficient (Wildman–Crippen LogP) is 1.20. The first-order valence-corrected chi connectivity index (χ1v) is 8.73. The van der Waals surface area contributed by atoms with Crippen molar-refractivity contribution in [1.82, 2.24) is 10.2 Å². The first kappa shape index (κ1) is 14.8. The minimum atomic E-state index is -0.777. The van der Waals surface area contributed by atoms with Gasteiger partial charge in [-0.25, -0.2) is 4.79 Å². The minimum Gasteiger partial charge on any atom is -0.481 e. The van der Waals surface area contributed by atoms with Crippen LogP contribution in [0.5, 0.6) is 0 Å². The van der Waals surface area contributed by atoms with E-state index in [0.29, 0.717) is 24.9 Å². The normalized spacial score (nSPS) is 25.5. The van der Waals surface area contributed by atoms with Gasteiger partial charge in [-0.05, 0) is 0 Å². The number of rotatable bonds is 4. The van der Waals surface area contributed by atoms with E-state index in [-0.39, 0.29) is 17.9 Å². The maximum absolute atomic E-state index is 11.9. The topological polar surface area (TPSA) is 69.6 Å². The van der Waals surface area contributed by atoms with Crippen molar-refractivity contribution in [2.24, 2.45) is 11.8 Å². The zero-order valence-electron chi connectivity index (χ0n) is 11.0. The van der Waals surface area contributed by atoms with E-state index < -0.39 is 5.97 Å². The van der Waals surface area contributed by atoms with Gasteiger partial charge >= 0.3 is 12.0 Å². The lowest BCUT2D eigenvalue weighted by molar-refractivity contribution is -0.144. The number of hydrogen-bond acceptors (Lipinski definition) is 4. The van der Waals surface area contributed by atoms with Gasteiger partial charge in [-0.15, -0.1) is 0 Å². The van der Waals surface area contributed by atoms with Gasteiger partial charge in [-0.3, -0.25) is 4.79 Å². The number of carbonyl (C=O) groups excluding carboxylic acids is 1. The van der Waals surface area contributed by atoms with Gasteiger partial charge in [0, 0.05) is 48.1 Å². The molecule has 2 aliphatic rings. The maximum Gasteiger partial charge on any atom is 0.317 e. The Morgan fingerprint density at radius 3 is 2.74 bits per heavy atom. The Bertz CT molecular complexity index is 342. The molecule has 0 aromatic rings. The number of nitrogens with zero attached hydrogens (tertiary/aromatic N) is 1. The molecule has 108 valence electrons. The van der Waals surface area contributed by atoms with Gasteiger partial charge in [0.05, 0.1) is 5.92 Å². The summed E-state index contributed by atoms with van der Waals surface area (Å²) in [5, 5.41) is 12.4. The smallest absolute Gasteiger partial charge is 0.317 e. The highest BCUT2D eigenvalue weighted by Crippen LogP contribution is 2.25. The molecule has 2 fully saturated rings. The molecule has 2 aliphatic heterocycles. The number of likely N-dealkylation sites (tertiary alicyclic amines) is 1. The molecule has 2 N–H and O–H groups in total. The molecule has 0 spiro atoms. The summed E-state index contributed by atoms with van der Waals surface area (Å²) in [4.78, 5) is 24.4. The van der Waals surface area contributed by atoms with Gasteiger partial charge in [-0.2, -0.15) is 23.5 Å². The quantitative estimate of drug-likeness (QED) is 0.817. The van der Waals surface area contributed by atoms with E-state index in [9.17, 15) is 9.59 Å². The fourth-order valence-corrected chi connectivity index (χ4v) is 4.78. The molecule has 5 nitrogen and oxygen atoms in total. The number of carboxylic acids is 1. The van der Waals surface area contributed by atoms with E-state index in [0.717, 1.165) is 11.5 Å². The molecule has 2 heterocycles. The Hall–Kier alpha value is -0.560. The third-order valence-corrected chi connectivity index (χ3v) is 6.50. The van der Waals surface area contributed by atoms with E-state index in [2.05, 4.69) is 5.32 Å². The largest absolute Gasteiger partial charge is 0.481 e. The molecule has 0 aromatic carbocycles. The second-order valence-corrected chi connectivity index (χ2v) is 7.60. The van der Waals surface area contributed by atoms with E-state index in [4.69, 9.17) is 5.11 Å². The SMILES string of the molecule is CC(C(=O)O)C1CN(C(=O)NCC2CSCCS2)C1. The summed E-state index contributed by atoms with van der Waals surface area (Å²) in [6.45, 7) is 3.54. The Morgan fingerprint density at radius 2 is 2.16 bits per heavy atom. The van der Waals surface area contributed by atoms with Crippen molar-refractivity contribution in [3.8, 4) is 0 Å². The van der Waals surface area contributed by atoms with Crippen LogP contribution in [-0.4, -0.2) is 64.1 Å². The molecule has 2 saturated heterocycles. The molecule has 0 bridgehead atoms. The van der Waals surface area contributed by atoms with Crippen molar-refractivity contribution < 1.29 is 14.7 Å². The van der Waals surface area contributed by atoms with Crippen LogP contribution in [0.15, 0.2) is 0 Å². The van der Waals surface area contributed by atoms with Crippen LogP contribution < -0.4 is 5.32 Å². The molecule has 2 atom stereocenters. The average molecular weight is 304 g/mol. The zero-order chi connectivity index (χ0) is 13.8. The fourth-order valence-electron chi connectivity index (χ4n) is 2.16. The number of nitrogens with one attached hydrogen (secondary N) is 1. The number of urea groups is 1. The molecule has 2 rings (SSSR count). The first-order chi connectivity index (χ1) is 9.08. The molecule has 0 radical (unpaired) electrons. The molecule has 2 amide bonds. The van der Waals surface area contributed by atoms with Crippen LogP contribution in [0.4, 0.5) is 4.79 Å². The predicted molar refractivity (Wildman–Crippen MR) is 78.8 cm³/mol. The third-order valence-electron chi connectivity index (χ3n) is 3.66. The summed E-state index contributed by atoms with van der Waals surface area (Å²) < 4.78 is 0. The highest BCUT2D eigenvalue weighted by molar-refractivity contribution is 8.06. The van der Waals surface area contributed by atoms with Crippen LogP contribution in [-0.2, 0) is 4.79 Å². The maximum atomic E-state index is 11.9. The van der Waals surface area contributed by atoms with Crippen molar-refractivity contribution in [1.29, 1.82) is 0 Å². The summed E-state index contributed by atoms with van der Waals surface area (Å²) in [6, 6.07) is -0.0509. The Morgan fingerprint density at radius 1 is 1.42 bits per heavy atom. The number of thioether (sulfide) groups is 2. The van der Waals surface area contributed by atoms with Crippen LogP contribution in [0.3, 0.4) is 0 Å². The first-order valence-electron chi connectivity index (χ1n) is 6.53. The summed E-state index contributed by atoms with van der Waals surface area (Å²) in [5.41, 5.74) is 0. The summed E-state index contributed by atoms with van der Waals surface area (Å²) in [6.07, 6.45) is 0. The molecule has 2 unspecified atom stereocenters. The number of aliphatic carboxylic acids is 1. The molecular weight excluding hydrogens is 284 g/mol. The average Bonchev–Trinajstić information content (AvgIpc) is 2.35. The molecule has 19 heavy (non-hydrogen) atoms. The van der Waals surface area contributed by atoms with Crippen LogP contribution >= 0.6 is 23.5 Å². The van der Waals surface area contributed by atoms with Crippen LogP contribution in [0.1, 0.15) is 6.92 Å². The lowest BCUT2D eigenvalue weighted by Crippen LogP contribution is -2.57. The summed E-state index contributed by atoms with van der Waals surface area (Å²) >= 11 is 3.86. The minimum absolute atomic E-state index is 0.0509. The van der Waals surface area contributed by atoms with Crippen molar-refractivity contribution in [2.45, 2.75) is 12.2 Å². The second-order valence-electron chi connectivity index (χ2n) is 5.05.